The van der Waals surface area contributed by atoms with E-state index in [2.05, 4.69) is 20.8 Å². The van der Waals surface area contributed by atoms with Gasteiger partial charge in [-0.25, -0.2) is 4.79 Å². The number of thioether (sulfide) groups is 1. The van der Waals surface area contributed by atoms with Crippen LogP contribution < -0.4 is 15.4 Å². The summed E-state index contributed by atoms with van der Waals surface area (Å²) in [6, 6.07) is 14.2. The van der Waals surface area contributed by atoms with Crippen LogP contribution in [0.25, 0.3) is 17.1 Å². The Labute approximate surface area is 189 Å². The molecule has 1 unspecified atom stereocenters. The lowest BCUT2D eigenvalue weighted by molar-refractivity contribution is -0.119. The number of hydrogen-bond donors (Lipinski definition) is 2. The van der Waals surface area contributed by atoms with Gasteiger partial charge in [0.05, 0.1) is 16.9 Å². The predicted molar refractivity (Wildman–Crippen MR) is 121 cm³/mol. The molecule has 1 heterocycles. The van der Waals surface area contributed by atoms with E-state index in [9.17, 15) is 9.59 Å². The lowest BCUT2D eigenvalue weighted by atomic mass is 10.2. The number of halogens is 1. The van der Waals surface area contributed by atoms with Crippen LogP contribution in [0.1, 0.15) is 13.8 Å². The zero-order valence-electron chi connectivity index (χ0n) is 17.3. The fourth-order valence-electron chi connectivity index (χ4n) is 2.74. The molecule has 0 saturated carbocycles. The van der Waals surface area contributed by atoms with Crippen molar-refractivity contribution in [1.82, 2.24) is 25.4 Å². The fourth-order valence-corrected chi connectivity index (χ4v) is 3.83. The van der Waals surface area contributed by atoms with Crippen LogP contribution in [0.2, 0.25) is 5.02 Å². The van der Waals surface area contributed by atoms with Crippen molar-refractivity contribution in [2.45, 2.75) is 24.3 Å². The first-order valence-corrected chi connectivity index (χ1v) is 10.8. The summed E-state index contributed by atoms with van der Waals surface area (Å²) in [5, 5.41) is 13.7. The van der Waals surface area contributed by atoms with Crippen molar-refractivity contribution in [1.29, 1.82) is 0 Å². The number of carbonyl (C=O) groups excluding carboxylic acids is 2. The van der Waals surface area contributed by atoms with Gasteiger partial charge in [-0.1, -0.05) is 35.5 Å². The number of nitrogens with one attached hydrogen (secondary N) is 2. The van der Waals surface area contributed by atoms with Gasteiger partial charge in [0.2, 0.25) is 5.91 Å². The second-order valence-corrected chi connectivity index (χ2v) is 8.09. The third-order valence-electron chi connectivity index (χ3n) is 4.27. The lowest BCUT2D eigenvalue weighted by Gasteiger charge is -2.14. The van der Waals surface area contributed by atoms with Crippen molar-refractivity contribution in [2.75, 3.05) is 13.7 Å². The van der Waals surface area contributed by atoms with Crippen LogP contribution >= 0.6 is 23.4 Å². The first kappa shape index (κ1) is 22.6. The summed E-state index contributed by atoms with van der Waals surface area (Å²) in [5.74, 6) is 0.840. The topological polar surface area (TPSA) is 98.1 Å². The molecule has 31 heavy (non-hydrogen) atoms. The first-order chi connectivity index (χ1) is 14.9. The minimum Gasteiger partial charge on any atom is -0.494 e. The summed E-state index contributed by atoms with van der Waals surface area (Å²) in [5.41, 5.74) is 1.49. The van der Waals surface area contributed by atoms with Gasteiger partial charge < -0.3 is 10.1 Å². The van der Waals surface area contributed by atoms with E-state index in [0.29, 0.717) is 28.2 Å². The highest BCUT2D eigenvalue weighted by Gasteiger charge is 2.23. The molecule has 2 aromatic carbocycles. The molecule has 0 radical (unpaired) electrons. The summed E-state index contributed by atoms with van der Waals surface area (Å²) in [6.45, 7) is 4.18. The summed E-state index contributed by atoms with van der Waals surface area (Å²) >= 11 is 7.59. The summed E-state index contributed by atoms with van der Waals surface area (Å²) < 4.78 is 7.35. The molecular formula is C21H22ClN5O3S. The first-order valence-electron chi connectivity index (χ1n) is 9.57. The minimum atomic E-state index is -0.595. The normalized spacial score (nSPS) is 11.6. The van der Waals surface area contributed by atoms with Crippen LogP contribution in [-0.4, -0.2) is 45.6 Å². The van der Waals surface area contributed by atoms with Crippen molar-refractivity contribution < 1.29 is 14.3 Å². The van der Waals surface area contributed by atoms with E-state index in [4.69, 9.17) is 16.3 Å². The van der Waals surface area contributed by atoms with Gasteiger partial charge in [-0.3, -0.25) is 14.7 Å². The molecule has 162 valence electrons. The highest BCUT2D eigenvalue weighted by Crippen LogP contribution is 2.33. The Kier molecular flexibility index (Phi) is 7.54. The van der Waals surface area contributed by atoms with Crippen LogP contribution in [0, 0.1) is 0 Å². The van der Waals surface area contributed by atoms with Gasteiger partial charge in [-0.2, -0.15) is 0 Å². The van der Waals surface area contributed by atoms with Crippen LogP contribution in [0.4, 0.5) is 4.79 Å². The van der Waals surface area contributed by atoms with Crippen molar-refractivity contribution >= 4 is 35.3 Å². The average molecular weight is 460 g/mol. The SMILES string of the molecule is CCOc1ccc(-n2c(SC(C)C(=O)NC(=O)NC)nnc2-c2ccccc2Cl)cc1. The van der Waals surface area contributed by atoms with Crippen LogP contribution in [0.15, 0.2) is 53.7 Å². The second kappa shape index (κ2) is 10.3. The molecule has 0 spiro atoms. The van der Waals surface area contributed by atoms with Crippen molar-refractivity contribution in [3.05, 3.63) is 53.6 Å². The van der Waals surface area contributed by atoms with Gasteiger partial charge in [0, 0.05) is 18.3 Å². The Morgan fingerprint density at radius 3 is 2.52 bits per heavy atom. The Morgan fingerprint density at radius 2 is 1.87 bits per heavy atom. The molecule has 10 heteroatoms. The summed E-state index contributed by atoms with van der Waals surface area (Å²) in [6.07, 6.45) is 0. The molecule has 3 rings (SSSR count). The maximum atomic E-state index is 12.3. The number of benzene rings is 2. The lowest BCUT2D eigenvalue weighted by Crippen LogP contribution is -2.41. The summed E-state index contributed by atoms with van der Waals surface area (Å²) in [4.78, 5) is 23.8. The molecule has 0 fully saturated rings. The van der Waals surface area contributed by atoms with Gasteiger partial charge >= 0.3 is 6.03 Å². The van der Waals surface area contributed by atoms with E-state index >= 15 is 0 Å². The van der Waals surface area contributed by atoms with Crippen molar-refractivity contribution in [3.63, 3.8) is 0 Å². The number of hydrogen-bond acceptors (Lipinski definition) is 6. The number of carbonyl (C=O) groups is 2. The molecule has 0 aliphatic heterocycles. The van der Waals surface area contributed by atoms with E-state index in [1.54, 1.807) is 13.0 Å². The van der Waals surface area contributed by atoms with Gasteiger partial charge in [-0.05, 0) is 50.2 Å². The molecule has 0 aliphatic rings. The van der Waals surface area contributed by atoms with Gasteiger partial charge in [0.15, 0.2) is 11.0 Å². The van der Waals surface area contributed by atoms with E-state index in [-0.39, 0.29) is 0 Å². The van der Waals surface area contributed by atoms with Crippen LogP contribution in [-0.2, 0) is 4.79 Å². The van der Waals surface area contributed by atoms with Gasteiger partial charge in [-0.15, -0.1) is 10.2 Å². The standard InChI is InChI=1S/C21H22ClN5O3S/c1-4-30-15-11-9-14(10-12-15)27-18(16-7-5-6-8-17(16)22)25-26-21(27)31-13(2)19(28)24-20(29)23-3/h5-13H,4H2,1-3H3,(H2,23,24,28,29). The number of nitrogens with zero attached hydrogens (tertiary/aromatic N) is 3. The number of rotatable bonds is 7. The zero-order valence-corrected chi connectivity index (χ0v) is 18.8. The van der Waals surface area contributed by atoms with E-state index in [1.165, 1.54) is 18.8 Å². The smallest absolute Gasteiger partial charge is 0.321 e. The van der Waals surface area contributed by atoms with Gasteiger partial charge in [0.1, 0.15) is 5.75 Å². The zero-order chi connectivity index (χ0) is 22.4. The molecule has 3 aromatic rings. The number of ether oxygens (including phenoxy) is 1. The molecule has 0 bridgehead atoms. The third-order valence-corrected chi connectivity index (χ3v) is 5.64. The van der Waals surface area contributed by atoms with Crippen molar-refractivity contribution in [3.8, 4) is 22.8 Å². The molecular weight excluding hydrogens is 438 g/mol. The highest BCUT2D eigenvalue weighted by molar-refractivity contribution is 8.00. The summed E-state index contributed by atoms with van der Waals surface area (Å²) in [7, 11) is 1.44. The largest absolute Gasteiger partial charge is 0.494 e. The number of amides is 3. The molecule has 3 amide bonds. The molecule has 2 N–H and O–H groups in total. The van der Waals surface area contributed by atoms with Crippen LogP contribution in [0.3, 0.4) is 0 Å². The molecule has 1 atom stereocenters. The Bertz CT molecular complexity index is 1070. The minimum absolute atomic E-state index is 0.440. The Balaban J connectivity index is 2.01. The van der Waals surface area contributed by atoms with Crippen LogP contribution in [0.5, 0.6) is 5.75 Å². The molecule has 0 aliphatic carbocycles. The third kappa shape index (κ3) is 5.36. The Morgan fingerprint density at radius 1 is 1.16 bits per heavy atom. The van der Waals surface area contributed by atoms with Gasteiger partial charge in [0.25, 0.3) is 0 Å². The number of aromatic nitrogens is 3. The van der Waals surface area contributed by atoms with E-state index in [0.717, 1.165) is 11.4 Å². The fraction of sp³-hybridized carbons (Fsp3) is 0.238. The highest BCUT2D eigenvalue weighted by atomic mass is 35.5. The number of imide groups is 1. The average Bonchev–Trinajstić information content (AvgIpc) is 3.17. The quantitative estimate of drug-likeness (QED) is 0.519. The van der Waals surface area contributed by atoms with E-state index < -0.39 is 17.2 Å². The second-order valence-electron chi connectivity index (χ2n) is 6.38. The Hall–Kier alpha value is -3.04. The maximum Gasteiger partial charge on any atom is 0.321 e. The maximum absolute atomic E-state index is 12.3. The molecule has 0 saturated heterocycles. The predicted octanol–water partition coefficient (Wildman–Crippen LogP) is 3.92. The van der Waals surface area contributed by atoms with E-state index in [1.807, 2.05) is 54.0 Å². The molecule has 1 aromatic heterocycles. The monoisotopic (exact) mass is 459 g/mol. The number of urea groups is 1. The molecule has 8 nitrogen and oxygen atoms in total. The van der Waals surface area contributed by atoms with Crippen molar-refractivity contribution in [2.24, 2.45) is 0 Å².